The molecule has 0 spiro atoms. The highest BCUT2D eigenvalue weighted by molar-refractivity contribution is 9.10. The monoisotopic (exact) mass is 313 g/mol. The van der Waals surface area contributed by atoms with Gasteiger partial charge in [-0.15, -0.1) is 0 Å². The standard InChI is InChI=1S/C15H21BrFN/c1-2-7-18-14(8-11-3-4-11)10-12-9-13(16)5-6-15(12)17/h5-6,9,11,14,18H,2-4,7-8,10H2,1H3. The zero-order chi connectivity index (χ0) is 13.0. The van der Waals surface area contributed by atoms with Crippen LogP contribution in [-0.2, 0) is 6.42 Å². The molecule has 0 amide bonds. The van der Waals surface area contributed by atoms with Crippen molar-refractivity contribution in [1.29, 1.82) is 0 Å². The Labute approximate surface area is 117 Å². The topological polar surface area (TPSA) is 12.0 Å². The molecule has 1 saturated carbocycles. The molecule has 1 fully saturated rings. The van der Waals surface area contributed by atoms with Crippen LogP contribution in [0.4, 0.5) is 4.39 Å². The van der Waals surface area contributed by atoms with E-state index in [0.29, 0.717) is 6.04 Å². The van der Waals surface area contributed by atoms with Crippen molar-refractivity contribution < 1.29 is 4.39 Å². The fourth-order valence-corrected chi connectivity index (χ4v) is 2.72. The van der Waals surface area contributed by atoms with E-state index in [4.69, 9.17) is 0 Å². The maximum Gasteiger partial charge on any atom is 0.126 e. The van der Waals surface area contributed by atoms with E-state index in [9.17, 15) is 4.39 Å². The van der Waals surface area contributed by atoms with Gasteiger partial charge < -0.3 is 5.32 Å². The molecule has 3 heteroatoms. The van der Waals surface area contributed by atoms with Crippen LogP contribution < -0.4 is 5.32 Å². The lowest BCUT2D eigenvalue weighted by atomic mass is 10.0. The first-order valence-electron chi connectivity index (χ1n) is 6.86. The Morgan fingerprint density at radius 2 is 2.22 bits per heavy atom. The first kappa shape index (κ1) is 14.0. The molecule has 0 saturated heterocycles. The average molecular weight is 314 g/mol. The molecule has 1 aromatic carbocycles. The molecule has 1 atom stereocenters. The highest BCUT2D eigenvalue weighted by Crippen LogP contribution is 2.34. The maximum atomic E-state index is 13.8. The summed E-state index contributed by atoms with van der Waals surface area (Å²) in [5, 5.41) is 3.55. The molecule has 1 aliphatic carbocycles. The summed E-state index contributed by atoms with van der Waals surface area (Å²) >= 11 is 3.42. The van der Waals surface area contributed by atoms with Crippen molar-refractivity contribution in [3.05, 3.63) is 34.1 Å². The molecule has 1 nitrogen and oxygen atoms in total. The van der Waals surface area contributed by atoms with E-state index >= 15 is 0 Å². The highest BCUT2D eigenvalue weighted by Gasteiger charge is 2.25. The normalized spacial score (nSPS) is 16.8. The van der Waals surface area contributed by atoms with E-state index in [0.717, 1.165) is 35.3 Å². The molecule has 1 unspecified atom stereocenters. The summed E-state index contributed by atoms with van der Waals surface area (Å²) in [5.41, 5.74) is 0.818. The summed E-state index contributed by atoms with van der Waals surface area (Å²) in [6, 6.07) is 5.63. The Bertz CT molecular complexity index is 390. The minimum atomic E-state index is -0.0858. The molecular weight excluding hydrogens is 293 g/mol. The van der Waals surface area contributed by atoms with Gasteiger partial charge in [0.25, 0.3) is 0 Å². The first-order valence-corrected chi connectivity index (χ1v) is 7.65. The van der Waals surface area contributed by atoms with Gasteiger partial charge in [0.15, 0.2) is 0 Å². The molecule has 0 radical (unpaired) electrons. The van der Waals surface area contributed by atoms with Crippen LogP contribution >= 0.6 is 15.9 Å². The van der Waals surface area contributed by atoms with Gasteiger partial charge in [0.1, 0.15) is 5.82 Å². The molecule has 0 heterocycles. The van der Waals surface area contributed by atoms with Crippen LogP contribution in [0.2, 0.25) is 0 Å². The van der Waals surface area contributed by atoms with Gasteiger partial charge in [0.05, 0.1) is 0 Å². The van der Waals surface area contributed by atoms with Crippen LogP contribution in [0.1, 0.15) is 38.2 Å². The summed E-state index contributed by atoms with van der Waals surface area (Å²) < 4.78 is 14.7. The quantitative estimate of drug-likeness (QED) is 0.791. The molecule has 2 rings (SSSR count). The fourth-order valence-electron chi connectivity index (χ4n) is 2.31. The number of hydrogen-bond acceptors (Lipinski definition) is 1. The zero-order valence-corrected chi connectivity index (χ0v) is 12.5. The second-order valence-corrected chi connectivity index (χ2v) is 6.19. The summed E-state index contributed by atoms with van der Waals surface area (Å²) in [6.45, 7) is 3.19. The van der Waals surface area contributed by atoms with Crippen molar-refractivity contribution in [2.45, 2.75) is 45.1 Å². The summed E-state index contributed by atoms with van der Waals surface area (Å²) in [4.78, 5) is 0. The minimum absolute atomic E-state index is 0.0858. The highest BCUT2D eigenvalue weighted by atomic mass is 79.9. The third-order valence-electron chi connectivity index (χ3n) is 3.47. The van der Waals surface area contributed by atoms with Gasteiger partial charge in [-0.2, -0.15) is 0 Å². The van der Waals surface area contributed by atoms with E-state index < -0.39 is 0 Å². The smallest absolute Gasteiger partial charge is 0.126 e. The number of rotatable bonds is 7. The number of hydrogen-bond donors (Lipinski definition) is 1. The summed E-state index contributed by atoms with van der Waals surface area (Å²) in [7, 11) is 0. The second-order valence-electron chi connectivity index (χ2n) is 5.27. The molecule has 1 aromatic rings. The van der Waals surface area contributed by atoms with Gasteiger partial charge in [-0.1, -0.05) is 35.7 Å². The lowest BCUT2D eigenvalue weighted by molar-refractivity contribution is 0.447. The summed E-state index contributed by atoms with van der Waals surface area (Å²) in [5.74, 6) is 0.784. The Morgan fingerprint density at radius 1 is 1.44 bits per heavy atom. The molecule has 0 aliphatic heterocycles. The van der Waals surface area contributed by atoms with Crippen LogP contribution in [0.15, 0.2) is 22.7 Å². The zero-order valence-electron chi connectivity index (χ0n) is 10.9. The predicted octanol–water partition coefficient (Wildman–Crippen LogP) is 4.30. The molecule has 1 aliphatic rings. The van der Waals surface area contributed by atoms with Crippen molar-refractivity contribution in [2.75, 3.05) is 6.54 Å². The fraction of sp³-hybridized carbons (Fsp3) is 0.600. The largest absolute Gasteiger partial charge is 0.314 e. The molecule has 1 N–H and O–H groups in total. The third kappa shape index (κ3) is 4.36. The number of benzene rings is 1. The van der Waals surface area contributed by atoms with E-state index in [1.54, 1.807) is 12.1 Å². The van der Waals surface area contributed by atoms with Crippen LogP contribution in [0.3, 0.4) is 0 Å². The van der Waals surface area contributed by atoms with Crippen molar-refractivity contribution in [3.8, 4) is 0 Å². The Balaban J connectivity index is 1.98. The Morgan fingerprint density at radius 3 is 2.89 bits per heavy atom. The third-order valence-corrected chi connectivity index (χ3v) is 3.97. The lowest BCUT2D eigenvalue weighted by Gasteiger charge is -2.19. The average Bonchev–Trinajstić information content (AvgIpc) is 3.14. The second kappa shape index (κ2) is 6.67. The van der Waals surface area contributed by atoms with E-state index in [2.05, 4.69) is 28.2 Å². The van der Waals surface area contributed by atoms with Crippen LogP contribution in [0.5, 0.6) is 0 Å². The van der Waals surface area contributed by atoms with Gasteiger partial charge in [0, 0.05) is 10.5 Å². The lowest BCUT2D eigenvalue weighted by Crippen LogP contribution is -2.32. The van der Waals surface area contributed by atoms with E-state index in [1.165, 1.54) is 19.3 Å². The van der Waals surface area contributed by atoms with Gasteiger partial charge in [-0.25, -0.2) is 4.39 Å². The number of nitrogens with one attached hydrogen (secondary N) is 1. The van der Waals surface area contributed by atoms with E-state index in [-0.39, 0.29) is 5.82 Å². The number of halogens is 2. The van der Waals surface area contributed by atoms with Crippen molar-refractivity contribution in [1.82, 2.24) is 5.32 Å². The molecule has 100 valence electrons. The van der Waals surface area contributed by atoms with Gasteiger partial charge >= 0.3 is 0 Å². The molecule has 0 bridgehead atoms. The van der Waals surface area contributed by atoms with Gasteiger partial charge in [-0.05, 0) is 55.5 Å². The molecule has 0 aromatic heterocycles. The van der Waals surface area contributed by atoms with Gasteiger partial charge in [0.2, 0.25) is 0 Å². The van der Waals surface area contributed by atoms with Crippen LogP contribution in [0, 0.1) is 11.7 Å². The minimum Gasteiger partial charge on any atom is -0.314 e. The molecular formula is C15H21BrFN. The maximum absolute atomic E-state index is 13.8. The van der Waals surface area contributed by atoms with Crippen LogP contribution in [0.25, 0.3) is 0 Å². The van der Waals surface area contributed by atoms with Crippen LogP contribution in [-0.4, -0.2) is 12.6 Å². The van der Waals surface area contributed by atoms with Crippen molar-refractivity contribution in [3.63, 3.8) is 0 Å². The Hall–Kier alpha value is -0.410. The predicted molar refractivity (Wildman–Crippen MR) is 77.2 cm³/mol. The van der Waals surface area contributed by atoms with E-state index in [1.807, 2.05) is 6.07 Å². The first-order chi connectivity index (χ1) is 8.69. The Kier molecular flexibility index (Phi) is 5.19. The van der Waals surface area contributed by atoms with Crippen molar-refractivity contribution in [2.24, 2.45) is 5.92 Å². The SMILES string of the molecule is CCCNC(Cc1cc(Br)ccc1F)CC1CC1. The van der Waals surface area contributed by atoms with Crippen molar-refractivity contribution >= 4 is 15.9 Å². The molecule has 18 heavy (non-hydrogen) atoms. The summed E-state index contributed by atoms with van der Waals surface area (Å²) in [6.07, 6.45) is 5.81. The van der Waals surface area contributed by atoms with Gasteiger partial charge in [-0.3, -0.25) is 0 Å².